The maximum Gasteiger partial charge on any atom is 0.182 e. The molecule has 2 heterocycles. The number of hydrogen-bond acceptors (Lipinski definition) is 5. The third-order valence-electron chi connectivity index (χ3n) is 2.35. The van der Waals surface area contributed by atoms with Crippen molar-refractivity contribution in [2.24, 2.45) is 0 Å². The molecule has 1 fully saturated rings. The lowest BCUT2D eigenvalue weighted by Gasteiger charge is -2.19. The van der Waals surface area contributed by atoms with Gasteiger partial charge in [-0.25, -0.2) is 4.98 Å². The summed E-state index contributed by atoms with van der Waals surface area (Å²) < 4.78 is 5.64. The number of ether oxygens (including phenoxy) is 1. The van der Waals surface area contributed by atoms with Crippen molar-refractivity contribution in [1.29, 1.82) is 5.26 Å². The van der Waals surface area contributed by atoms with Crippen LogP contribution in [0.4, 0.5) is 5.82 Å². The van der Waals surface area contributed by atoms with Gasteiger partial charge in [-0.05, 0) is 12.5 Å². The SMILES string of the molecule is N#CN1CCCC1Oc1ccnc(N)c1. The van der Waals surface area contributed by atoms with E-state index in [1.807, 2.05) is 0 Å². The number of nitriles is 1. The van der Waals surface area contributed by atoms with Gasteiger partial charge < -0.3 is 10.5 Å². The number of likely N-dealkylation sites (tertiary alicyclic amines) is 1. The Labute approximate surface area is 88.1 Å². The molecule has 0 amide bonds. The number of nitrogen functional groups attached to an aromatic ring is 1. The van der Waals surface area contributed by atoms with E-state index < -0.39 is 0 Å². The highest BCUT2D eigenvalue weighted by atomic mass is 16.5. The number of hydrogen-bond donors (Lipinski definition) is 1. The van der Waals surface area contributed by atoms with Gasteiger partial charge >= 0.3 is 0 Å². The molecule has 0 radical (unpaired) electrons. The fourth-order valence-corrected chi connectivity index (χ4v) is 1.63. The molecule has 1 aromatic rings. The van der Waals surface area contributed by atoms with E-state index in [1.165, 1.54) is 0 Å². The minimum atomic E-state index is -0.156. The molecule has 1 aliphatic heterocycles. The number of anilines is 1. The lowest BCUT2D eigenvalue weighted by atomic mass is 10.3. The normalized spacial score (nSPS) is 19.9. The lowest BCUT2D eigenvalue weighted by Crippen LogP contribution is -2.29. The van der Waals surface area contributed by atoms with Crippen molar-refractivity contribution in [1.82, 2.24) is 9.88 Å². The van der Waals surface area contributed by atoms with E-state index >= 15 is 0 Å². The van der Waals surface area contributed by atoms with Gasteiger partial charge in [0, 0.05) is 25.2 Å². The van der Waals surface area contributed by atoms with Crippen LogP contribution >= 0.6 is 0 Å². The van der Waals surface area contributed by atoms with Crippen molar-refractivity contribution in [3.05, 3.63) is 18.3 Å². The van der Waals surface area contributed by atoms with Gasteiger partial charge in [0.05, 0.1) is 0 Å². The second-order valence-electron chi connectivity index (χ2n) is 3.42. The standard InChI is InChI=1S/C10H12N4O/c11-7-14-5-1-2-10(14)15-8-3-4-13-9(12)6-8/h3-4,6,10H,1-2,5H2,(H2,12,13). The molecule has 1 atom stereocenters. The summed E-state index contributed by atoms with van der Waals surface area (Å²) in [6.45, 7) is 0.766. The summed E-state index contributed by atoms with van der Waals surface area (Å²) >= 11 is 0. The number of rotatable bonds is 2. The van der Waals surface area contributed by atoms with E-state index in [2.05, 4.69) is 11.2 Å². The van der Waals surface area contributed by atoms with Crippen LogP contribution in [0.5, 0.6) is 5.75 Å². The average molecular weight is 204 g/mol. The van der Waals surface area contributed by atoms with Gasteiger partial charge in [-0.2, -0.15) is 5.26 Å². The molecular formula is C10H12N4O. The Morgan fingerprint density at radius 1 is 1.67 bits per heavy atom. The molecule has 0 saturated carbocycles. The van der Waals surface area contributed by atoms with E-state index in [0.717, 1.165) is 19.4 Å². The maximum absolute atomic E-state index is 8.83. The monoisotopic (exact) mass is 204 g/mol. The summed E-state index contributed by atoms with van der Waals surface area (Å²) in [6, 6.07) is 3.40. The van der Waals surface area contributed by atoms with Crippen molar-refractivity contribution in [3.63, 3.8) is 0 Å². The Morgan fingerprint density at radius 3 is 3.27 bits per heavy atom. The highest BCUT2D eigenvalue weighted by Crippen LogP contribution is 2.21. The van der Waals surface area contributed by atoms with Gasteiger partial charge in [-0.15, -0.1) is 0 Å². The third-order valence-corrected chi connectivity index (χ3v) is 2.35. The second kappa shape index (κ2) is 4.05. The van der Waals surface area contributed by atoms with Crippen molar-refractivity contribution in [3.8, 4) is 11.9 Å². The molecule has 15 heavy (non-hydrogen) atoms. The van der Waals surface area contributed by atoms with Crippen LogP contribution in [0.2, 0.25) is 0 Å². The molecule has 78 valence electrons. The van der Waals surface area contributed by atoms with Gasteiger partial charge in [0.2, 0.25) is 0 Å². The van der Waals surface area contributed by atoms with E-state index in [1.54, 1.807) is 23.2 Å². The predicted octanol–water partition coefficient (Wildman–Crippen LogP) is 0.946. The Kier molecular flexibility index (Phi) is 2.59. The fourth-order valence-electron chi connectivity index (χ4n) is 1.63. The zero-order valence-electron chi connectivity index (χ0n) is 8.26. The van der Waals surface area contributed by atoms with Crippen LogP contribution in [-0.2, 0) is 0 Å². The van der Waals surface area contributed by atoms with E-state index in [4.69, 9.17) is 15.7 Å². The van der Waals surface area contributed by atoms with Crippen molar-refractivity contribution in [2.45, 2.75) is 19.1 Å². The van der Waals surface area contributed by atoms with Crippen molar-refractivity contribution < 1.29 is 4.74 Å². The average Bonchev–Trinajstić information content (AvgIpc) is 2.65. The molecule has 2 N–H and O–H groups in total. The molecule has 1 saturated heterocycles. The quantitative estimate of drug-likeness (QED) is 0.726. The van der Waals surface area contributed by atoms with Crippen LogP contribution in [0.25, 0.3) is 0 Å². The second-order valence-corrected chi connectivity index (χ2v) is 3.42. The fraction of sp³-hybridized carbons (Fsp3) is 0.400. The summed E-state index contributed by atoms with van der Waals surface area (Å²) in [6.07, 6.45) is 5.40. The smallest absolute Gasteiger partial charge is 0.182 e. The van der Waals surface area contributed by atoms with Crippen molar-refractivity contribution >= 4 is 5.82 Å². The predicted molar refractivity (Wildman–Crippen MR) is 54.6 cm³/mol. The van der Waals surface area contributed by atoms with E-state index in [0.29, 0.717) is 11.6 Å². The van der Waals surface area contributed by atoms with Gasteiger partial charge in [-0.1, -0.05) is 0 Å². The number of nitrogens with zero attached hydrogens (tertiary/aromatic N) is 3. The largest absolute Gasteiger partial charge is 0.470 e. The first-order valence-corrected chi connectivity index (χ1v) is 4.84. The molecule has 5 heteroatoms. The van der Waals surface area contributed by atoms with Crippen molar-refractivity contribution in [2.75, 3.05) is 12.3 Å². The van der Waals surface area contributed by atoms with Gasteiger partial charge in [-0.3, -0.25) is 4.90 Å². The summed E-state index contributed by atoms with van der Waals surface area (Å²) in [7, 11) is 0. The number of pyridine rings is 1. The molecule has 1 unspecified atom stereocenters. The van der Waals surface area contributed by atoms with Gasteiger partial charge in [0.25, 0.3) is 0 Å². The molecular weight excluding hydrogens is 192 g/mol. The molecule has 0 bridgehead atoms. The van der Waals surface area contributed by atoms with Crippen LogP contribution in [0.1, 0.15) is 12.8 Å². The van der Waals surface area contributed by atoms with E-state index in [-0.39, 0.29) is 6.23 Å². The Morgan fingerprint density at radius 2 is 2.53 bits per heavy atom. The van der Waals surface area contributed by atoms with Gasteiger partial charge in [0.15, 0.2) is 12.4 Å². The summed E-state index contributed by atoms with van der Waals surface area (Å²) in [5.74, 6) is 1.09. The zero-order valence-corrected chi connectivity index (χ0v) is 8.26. The molecule has 5 nitrogen and oxygen atoms in total. The molecule has 0 spiro atoms. The number of aromatic nitrogens is 1. The van der Waals surface area contributed by atoms with Crippen LogP contribution < -0.4 is 10.5 Å². The van der Waals surface area contributed by atoms with Crippen LogP contribution in [0, 0.1) is 11.5 Å². The lowest BCUT2D eigenvalue weighted by molar-refractivity contribution is 0.103. The first-order valence-electron chi connectivity index (χ1n) is 4.84. The minimum absolute atomic E-state index is 0.156. The van der Waals surface area contributed by atoms with Gasteiger partial charge in [0.1, 0.15) is 11.6 Å². The molecule has 1 aromatic heterocycles. The Balaban J connectivity index is 2.06. The Hall–Kier alpha value is -1.96. The third kappa shape index (κ3) is 2.10. The Bertz CT molecular complexity index is 387. The zero-order chi connectivity index (χ0) is 10.7. The first kappa shape index (κ1) is 9.59. The molecule has 0 aliphatic carbocycles. The molecule has 1 aliphatic rings. The van der Waals surface area contributed by atoms with Crippen LogP contribution in [-0.4, -0.2) is 22.7 Å². The summed E-state index contributed by atoms with van der Waals surface area (Å²) in [5, 5.41) is 8.83. The van der Waals surface area contributed by atoms with Crippen LogP contribution in [0.15, 0.2) is 18.3 Å². The minimum Gasteiger partial charge on any atom is -0.470 e. The summed E-state index contributed by atoms with van der Waals surface area (Å²) in [4.78, 5) is 5.51. The first-order chi connectivity index (χ1) is 7.29. The number of nitrogens with two attached hydrogens (primary N) is 1. The topological polar surface area (TPSA) is 75.2 Å². The van der Waals surface area contributed by atoms with E-state index in [9.17, 15) is 0 Å². The highest BCUT2D eigenvalue weighted by molar-refractivity contribution is 5.35. The van der Waals surface area contributed by atoms with Crippen LogP contribution in [0.3, 0.4) is 0 Å². The molecule has 0 aromatic carbocycles. The molecule has 2 rings (SSSR count). The highest BCUT2D eigenvalue weighted by Gasteiger charge is 2.24. The maximum atomic E-state index is 8.83. The summed E-state index contributed by atoms with van der Waals surface area (Å²) in [5.41, 5.74) is 5.53.